The molecule has 4 aromatic carbocycles. The summed E-state index contributed by atoms with van der Waals surface area (Å²) in [5, 5.41) is 2.59. The Labute approximate surface area is 193 Å². The van der Waals surface area contributed by atoms with E-state index in [2.05, 4.69) is 132 Å². The predicted octanol–water partition coefficient (Wildman–Crippen LogP) is 7.90. The summed E-state index contributed by atoms with van der Waals surface area (Å²) in [6.45, 7) is 2.26. The molecule has 1 aliphatic carbocycles. The van der Waals surface area contributed by atoms with Crippen molar-refractivity contribution in [1.29, 1.82) is 0 Å². The van der Waals surface area contributed by atoms with Crippen LogP contribution < -0.4 is 4.90 Å². The molecule has 0 amide bonds. The van der Waals surface area contributed by atoms with Gasteiger partial charge in [-0.15, -0.1) is 0 Å². The number of allylic oxidation sites excluding steroid dienone is 2. The van der Waals surface area contributed by atoms with Gasteiger partial charge in [0.2, 0.25) is 0 Å². The van der Waals surface area contributed by atoms with Crippen molar-refractivity contribution in [3.63, 3.8) is 0 Å². The summed E-state index contributed by atoms with van der Waals surface area (Å²) in [5.41, 5.74) is 9.08. The Kier molecular flexibility index (Phi) is 3.92. The van der Waals surface area contributed by atoms with E-state index in [0.29, 0.717) is 12.0 Å². The first-order valence-corrected chi connectivity index (χ1v) is 11.6. The third-order valence-electron chi connectivity index (χ3n) is 7.30. The Morgan fingerprint density at radius 3 is 1.97 bits per heavy atom. The van der Waals surface area contributed by atoms with Crippen molar-refractivity contribution in [2.45, 2.75) is 18.9 Å². The first-order valence-electron chi connectivity index (χ1n) is 11.6. The van der Waals surface area contributed by atoms with Crippen LogP contribution in [0, 0.1) is 0 Å². The highest BCUT2D eigenvalue weighted by atomic mass is 15.2. The maximum Gasteiger partial charge on any atom is 0.0632 e. The molecule has 0 saturated carbocycles. The summed E-state index contributed by atoms with van der Waals surface area (Å²) < 4.78 is 2.38. The summed E-state index contributed by atoms with van der Waals surface area (Å²) in [6.07, 6.45) is 6.81. The zero-order valence-electron chi connectivity index (χ0n) is 18.5. The molecule has 0 saturated heterocycles. The molecule has 0 radical (unpaired) electrons. The summed E-state index contributed by atoms with van der Waals surface area (Å²) in [7, 11) is 0. The number of rotatable bonds is 2. The topological polar surface area (TPSA) is 8.17 Å². The minimum atomic E-state index is 0.325. The van der Waals surface area contributed by atoms with Gasteiger partial charge in [-0.2, -0.15) is 0 Å². The fraction of sp³-hybridized carbons (Fsp3) is 0.0968. The quantitative estimate of drug-likeness (QED) is 0.279. The lowest BCUT2D eigenvalue weighted by Crippen LogP contribution is -2.29. The molecule has 2 unspecified atom stereocenters. The van der Waals surface area contributed by atoms with E-state index < -0.39 is 0 Å². The van der Waals surface area contributed by atoms with Crippen LogP contribution in [-0.4, -0.2) is 10.6 Å². The molecule has 2 heteroatoms. The van der Waals surface area contributed by atoms with Gasteiger partial charge in [0.25, 0.3) is 0 Å². The Hall–Kier alpha value is -4.04. The van der Waals surface area contributed by atoms with Crippen LogP contribution >= 0.6 is 0 Å². The molecule has 5 aromatic rings. The molecule has 1 aromatic heterocycles. The van der Waals surface area contributed by atoms with Gasteiger partial charge in [0.15, 0.2) is 0 Å². The van der Waals surface area contributed by atoms with Crippen LogP contribution in [0.4, 0.5) is 11.4 Å². The van der Waals surface area contributed by atoms with Gasteiger partial charge in [0.1, 0.15) is 0 Å². The standard InChI is InChI=1S/C31H24N2/c1-21-9-8-16-30-31(21)26-12-4-7-15-29(26)33(30)23-19-17-22(18-20-23)32-27-13-5-2-10-24(27)25-11-3-6-14-28(25)32/h2-20,30-31H,1H3. The van der Waals surface area contributed by atoms with Gasteiger partial charge < -0.3 is 9.47 Å². The van der Waals surface area contributed by atoms with E-state index in [1.54, 1.807) is 0 Å². The first kappa shape index (κ1) is 18.5. The molecule has 33 heavy (non-hydrogen) atoms. The fourth-order valence-corrected chi connectivity index (χ4v) is 5.87. The monoisotopic (exact) mass is 424 g/mol. The van der Waals surface area contributed by atoms with Gasteiger partial charge in [-0.25, -0.2) is 0 Å². The van der Waals surface area contributed by atoms with Crippen molar-refractivity contribution >= 4 is 33.2 Å². The molecule has 0 bridgehead atoms. The molecule has 2 nitrogen and oxygen atoms in total. The Bertz CT molecular complexity index is 1530. The summed E-state index contributed by atoms with van der Waals surface area (Å²) >= 11 is 0. The van der Waals surface area contributed by atoms with Crippen LogP contribution in [0.3, 0.4) is 0 Å². The van der Waals surface area contributed by atoms with E-state index >= 15 is 0 Å². The highest BCUT2D eigenvalue weighted by Crippen LogP contribution is 2.49. The number of aromatic nitrogens is 1. The SMILES string of the molecule is CC1=CC=CC2C1c1ccccc1N2c1ccc(-n2c3ccccc3c3ccccc32)cc1. The Morgan fingerprint density at radius 1 is 0.636 bits per heavy atom. The lowest BCUT2D eigenvalue weighted by atomic mass is 9.85. The van der Waals surface area contributed by atoms with Crippen molar-refractivity contribution in [2.75, 3.05) is 4.90 Å². The van der Waals surface area contributed by atoms with E-state index in [4.69, 9.17) is 0 Å². The smallest absolute Gasteiger partial charge is 0.0632 e. The van der Waals surface area contributed by atoms with Crippen LogP contribution in [0.1, 0.15) is 18.4 Å². The van der Waals surface area contributed by atoms with Gasteiger partial charge in [0, 0.05) is 33.8 Å². The molecular formula is C31H24N2. The average molecular weight is 425 g/mol. The van der Waals surface area contributed by atoms with Gasteiger partial charge in [0.05, 0.1) is 17.1 Å². The average Bonchev–Trinajstić information content (AvgIpc) is 3.38. The summed E-state index contributed by atoms with van der Waals surface area (Å²) in [5.74, 6) is 0.420. The van der Waals surface area contributed by atoms with Gasteiger partial charge in [-0.1, -0.05) is 78.4 Å². The summed E-state index contributed by atoms with van der Waals surface area (Å²) in [6, 6.07) is 35.6. The Balaban J connectivity index is 1.37. The molecular weight excluding hydrogens is 400 g/mol. The normalized spacial score (nSPS) is 19.1. The molecule has 2 heterocycles. The number of para-hydroxylation sites is 3. The van der Waals surface area contributed by atoms with Crippen LogP contribution in [0.5, 0.6) is 0 Å². The second kappa shape index (κ2) is 6.98. The molecule has 0 N–H and O–H groups in total. The van der Waals surface area contributed by atoms with Crippen molar-refractivity contribution in [1.82, 2.24) is 4.57 Å². The Morgan fingerprint density at radius 2 is 1.24 bits per heavy atom. The number of hydrogen-bond acceptors (Lipinski definition) is 1. The number of nitrogens with zero attached hydrogens (tertiary/aromatic N) is 2. The highest BCUT2D eigenvalue weighted by Gasteiger charge is 2.39. The second-order valence-corrected chi connectivity index (χ2v) is 9.08. The number of benzene rings is 4. The van der Waals surface area contributed by atoms with E-state index in [-0.39, 0.29) is 0 Å². The first-order chi connectivity index (χ1) is 16.3. The van der Waals surface area contributed by atoms with Crippen molar-refractivity contribution in [3.05, 3.63) is 126 Å². The molecule has 0 fully saturated rings. The van der Waals surface area contributed by atoms with E-state index in [1.807, 2.05) is 0 Å². The van der Waals surface area contributed by atoms with E-state index in [9.17, 15) is 0 Å². The van der Waals surface area contributed by atoms with Crippen LogP contribution in [0.15, 0.2) is 121 Å². The number of hydrogen-bond donors (Lipinski definition) is 0. The van der Waals surface area contributed by atoms with Crippen molar-refractivity contribution in [3.8, 4) is 5.69 Å². The molecule has 0 spiro atoms. The minimum absolute atomic E-state index is 0.325. The van der Waals surface area contributed by atoms with Crippen LogP contribution in [-0.2, 0) is 0 Å². The maximum absolute atomic E-state index is 2.50. The van der Waals surface area contributed by atoms with Crippen LogP contribution in [0.25, 0.3) is 27.5 Å². The number of fused-ring (bicyclic) bond motifs is 6. The second-order valence-electron chi connectivity index (χ2n) is 9.08. The van der Waals surface area contributed by atoms with Crippen molar-refractivity contribution in [2.24, 2.45) is 0 Å². The third-order valence-corrected chi connectivity index (χ3v) is 7.30. The number of anilines is 2. The lowest BCUT2D eigenvalue weighted by Gasteiger charge is -2.30. The summed E-state index contributed by atoms with van der Waals surface area (Å²) in [4.78, 5) is 2.50. The van der Waals surface area contributed by atoms with Gasteiger partial charge >= 0.3 is 0 Å². The van der Waals surface area contributed by atoms with E-state index in [1.165, 1.54) is 50.0 Å². The third kappa shape index (κ3) is 2.61. The molecule has 2 atom stereocenters. The fourth-order valence-electron chi connectivity index (χ4n) is 5.87. The molecule has 158 valence electrons. The minimum Gasteiger partial charge on any atom is -0.333 e. The van der Waals surface area contributed by atoms with Gasteiger partial charge in [-0.05, 0) is 55.0 Å². The zero-order valence-corrected chi connectivity index (χ0v) is 18.5. The van der Waals surface area contributed by atoms with Gasteiger partial charge in [-0.3, -0.25) is 0 Å². The maximum atomic E-state index is 2.50. The molecule has 1 aliphatic heterocycles. The van der Waals surface area contributed by atoms with Crippen molar-refractivity contribution < 1.29 is 0 Å². The van der Waals surface area contributed by atoms with E-state index in [0.717, 1.165) is 0 Å². The molecule has 7 rings (SSSR count). The highest BCUT2D eigenvalue weighted by molar-refractivity contribution is 6.09. The molecule has 2 aliphatic rings. The predicted molar refractivity (Wildman–Crippen MR) is 139 cm³/mol. The lowest BCUT2D eigenvalue weighted by molar-refractivity contribution is 0.709. The van der Waals surface area contributed by atoms with Crippen LogP contribution in [0.2, 0.25) is 0 Å². The zero-order chi connectivity index (χ0) is 21.9. The largest absolute Gasteiger partial charge is 0.333 e.